The summed E-state index contributed by atoms with van der Waals surface area (Å²) in [6.45, 7) is -2.66. The number of fused-ring (bicyclic) bond motifs is 1. The summed E-state index contributed by atoms with van der Waals surface area (Å²) in [5, 5.41) is 10.3. The highest BCUT2D eigenvalue weighted by Gasteiger charge is 2.07. The molecule has 15 heavy (non-hydrogen) atoms. The van der Waals surface area contributed by atoms with Crippen LogP contribution in [0.2, 0.25) is 0 Å². The molecular weight excluding hydrogens is 188 g/mol. The minimum atomic E-state index is -2.36. The van der Waals surface area contributed by atoms with Gasteiger partial charge in [0, 0.05) is 30.5 Å². The van der Waals surface area contributed by atoms with Gasteiger partial charge in [0.1, 0.15) is 5.75 Å². The van der Waals surface area contributed by atoms with Crippen LogP contribution in [0.1, 0.15) is 12.4 Å². The van der Waals surface area contributed by atoms with E-state index >= 15 is 0 Å². The molecule has 0 aliphatic rings. The second kappa shape index (κ2) is 3.95. The minimum Gasteiger partial charge on any atom is -0.507 e. The highest BCUT2D eigenvalue weighted by Crippen LogP contribution is 2.27. The predicted octanol–water partition coefficient (Wildman–Crippen LogP) is 1.98. The highest BCUT2D eigenvalue weighted by atomic mass is 16.3. The van der Waals surface area contributed by atoms with Crippen molar-refractivity contribution in [2.24, 2.45) is 0 Å². The number of aromatic hydroxyl groups is 1. The molecule has 0 aliphatic carbocycles. The van der Waals surface area contributed by atoms with E-state index in [1.807, 2.05) is 0 Å². The van der Waals surface area contributed by atoms with E-state index in [-0.39, 0.29) is 17.9 Å². The average Bonchev–Trinajstić information content (AvgIpc) is 2.73. The summed E-state index contributed by atoms with van der Waals surface area (Å²) in [7, 11) is 1.35. The normalized spacial score (nSPS) is 18.1. The van der Waals surface area contributed by atoms with E-state index in [1.165, 1.54) is 19.3 Å². The van der Waals surface area contributed by atoms with Gasteiger partial charge in [0.05, 0.1) is 0 Å². The fourth-order valence-corrected chi connectivity index (χ4v) is 1.51. The first kappa shape index (κ1) is 5.56. The molecule has 1 heterocycles. The third-order valence-corrected chi connectivity index (χ3v) is 2.19. The minimum absolute atomic E-state index is 0.0286. The Labute approximate surface area is 96.4 Å². The Kier molecular flexibility index (Phi) is 1.46. The second-order valence-corrected chi connectivity index (χ2v) is 3.43. The highest BCUT2D eigenvalue weighted by molar-refractivity contribution is 5.88. The standard InChI is InChI=1S/C12H16N2O/c1-14(2)7-6-9-8-13-10-4-3-5-11(15)12(9)10/h3-5,8,13,15H,6-7H2,1-2H3/i1D3,6D2. The molecule has 2 aromatic rings. The number of benzene rings is 1. The zero-order valence-electron chi connectivity index (χ0n) is 13.4. The van der Waals surface area contributed by atoms with Gasteiger partial charge in [0.15, 0.2) is 0 Å². The second-order valence-electron chi connectivity index (χ2n) is 3.43. The van der Waals surface area contributed by atoms with Crippen LogP contribution in [0, 0.1) is 0 Å². The molecule has 0 radical (unpaired) electrons. The lowest BCUT2D eigenvalue weighted by atomic mass is 10.1. The first-order valence-corrected chi connectivity index (χ1v) is 4.64. The molecule has 0 saturated heterocycles. The molecule has 2 N–H and O–H groups in total. The van der Waals surface area contributed by atoms with Gasteiger partial charge in [-0.3, -0.25) is 0 Å². The number of hydrogen-bond acceptors (Lipinski definition) is 2. The molecule has 1 aromatic heterocycles. The van der Waals surface area contributed by atoms with E-state index in [4.69, 9.17) is 6.85 Å². The number of nitrogens with one attached hydrogen (secondary N) is 1. The van der Waals surface area contributed by atoms with E-state index in [9.17, 15) is 5.11 Å². The Bertz CT molecular complexity index is 620. The van der Waals surface area contributed by atoms with Crippen molar-refractivity contribution in [3.05, 3.63) is 30.0 Å². The molecule has 3 nitrogen and oxygen atoms in total. The van der Waals surface area contributed by atoms with Gasteiger partial charge in [-0.1, -0.05) is 6.07 Å². The molecule has 0 aliphatic heterocycles. The number of H-pyrrole nitrogens is 1. The van der Waals surface area contributed by atoms with Gasteiger partial charge in [-0.15, -0.1) is 0 Å². The van der Waals surface area contributed by atoms with Gasteiger partial charge in [-0.25, -0.2) is 0 Å². The van der Waals surface area contributed by atoms with E-state index in [1.54, 1.807) is 12.1 Å². The van der Waals surface area contributed by atoms with Gasteiger partial charge in [-0.05, 0) is 38.1 Å². The molecular formula is C12H16N2O. The number of aromatic nitrogens is 1. The fraction of sp³-hybridized carbons (Fsp3) is 0.333. The molecule has 0 amide bonds. The smallest absolute Gasteiger partial charge is 0.125 e. The number of nitrogens with zero attached hydrogens (tertiary/aromatic N) is 1. The van der Waals surface area contributed by atoms with Crippen LogP contribution in [-0.2, 0) is 6.37 Å². The Balaban J connectivity index is 2.42. The van der Waals surface area contributed by atoms with Crippen molar-refractivity contribution in [3.8, 4) is 5.75 Å². The van der Waals surface area contributed by atoms with Gasteiger partial charge < -0.3 is 15.0 Å². The summed E-state index contributed by atoms with van der Waals surface area (Å²) >= 11 is 0. The number of rotatable bonds is 3. The Morgan fingerprint density at radius 3 is 3.27 bits per heavy atom. The Hall–Kier alpha value is -1.48. The molecule has 0 spiro atoms. The number of phenols is 1. The lowest BCUT2D eigenvalue weighted by molar-refractivity contribution is 0.414. The van der Waals surface area contributed by atoms with Crippen molar-refractivity contribution >= 4 is 10.9 Å². The zero-order chi connectivity index (χ0) is 15.1. The Morgan fingerprint density at radius 2 is 2.47 bits per heavy atom. The van der Waals surface area contributed by atoms with Gasteiger partial charge >= 0.3 is 0 Å². The third kappa shape index (κ3) is 1.97. The lowest BCUT2D eigenvalue weighted by Gasteiger charge is -2.08. The summed E-state index contributed by atoms with van der Waals surface area (Å²) < 4.78 is 38.1. The van der Waals surface area contributed by atoms with Crippen LogP contribution in [-0.4, -0.2) is 35.6 Å². The number of phenolic OH excluding ortho intramolecular Hbond substituents is 1. The van der Waals surface area contributed by atoms with E-state index in [0.717, 1.165) is 4.90 Å². The summed E-state index contributed by atoms with van der Waals surface area (Å²) in [6, 6.07) is 4.85. The quantitative estimate of drug-likeness (QED) is 0.811. The fourth-order valence-electron chi connectivity index (χ4n) is 1.51. The van der Waals surface area contributed by atoms with Crippen molar-refractivity contribution in [1.82, 2.24) is 9.88 Å². The maximum atomic E-state index is 9.89. The molecule has 0 fully saturated rings. The molecule has 3 heteroatoms. The maximum Gasteiger partial charge on any atom is 0.125 e. The SMILES string of the molecule is [2H]C([2H])(CN(C)C([2H])([2H])[2H])c1c[nH]c2cccc(O)c12. The number of hydrogen-bond donors (Lipinski definition) is 2. The number of aromatic amines is 1. The summed E-state index contributed by atoms with van der Waals surface area (Å²) in [5.41, 5.74) is 0.863. The lowest BCUT2D eigenvalue weighted by Crippen LogP contribution is -2.14. The molecule has 0 saturated carbocycles. The molecule has 80 valence electrons. The van der Waals surface area contributed by atoms with Crippen LogP contribution in [0.4, 0.5) is 0 Å². The summed E-state index contributed by atoms with van der Waals surface area (Å²) in [5.74, 6) is -0.0286. The van der Waals surface area contributed by atoms with Gasteiger partial charge in [0.2, 0.25) is 0 Å². The van der Waals surface area contributed by atoms with Crippen molar-refractivity contribution in [2.45, 2.75) is 6.37 Å². The molecule has 0 bridgehead atoms. The summed E-state index contributed by atoms with van der Waals surface area (Å²) in [6.07, 6.45) is -0.433. The van der Waals surface area contributed by atoms with Crippen molar-refractivity contribution < 1.29 is 12.0 Å². The van der Waals surface area contributed by atoms with Crippen LogP contribution in [0.15, 0.2) is 24.4 Å². The van der Waals surface area contributed by atoms with E-state index in [0.29, 0.717) is 10.9 Å². The zero-order valence-corrected chi connectivity index (χ0v) is 8.41. The molecule has 0 unspecified atom stereocenters. The number of likely N-dealkylation sites (N-methyl/N-ethyl adjacent to an activating group) is 1. The van der Waals surface area contributed by atoms with Crippen molar-refractivity contribution in [3.63, 3.8) is 0 Å². The van der Waals surface area contributed by atoms with Crippen LogP contribution in [0.3, 0.4) is 0 Å². The first-order valence-electron chi connectivity index (χ1n) is 7.14. The predicted molar refractivity (Wildman–Crippen MR) is 62.2 cm³/mol. The monoisotopic (exact) mass is 209 g/mol. The van der Waals surface area contributed by atoms with Crippen molar-refractivity contribution in [1.29, 1.82) is 0 Å². The Morgan fingerprint density at radius 1 is 1.60 bits per heavy atom. The van der Waals surface area contributed by atoms with Gasteiger partial charge in [-0.2, -0.15) is 0 Å². The average molecular weight is 209 g/mol. The topological polar surface area (TPSA) is 39.3 Å². The van der Waals surface area contributed by atoms with Crippen molar-refractivity contribution in [2.75, 3.05) is 20.6 Å². The van der Waals surface area contributed by atoms with Crippen LogP contribution in [0.5, 0.6) is 5.75 Å². The van der Waals surface area contributed by atoms with Gasteiger partial charge in [0.25, 0.3) is 0 Å². The first-order chi connectivity index (χ1) is 9.13. The van der Waals surface area contributed by atoms with E-state index in [2.05, 4.69) is 4.98 Å². The van der Waals surface area contributed by atoms with Crippen LogP contribution >= 0.6 is 0 Å². The molecule has 1 aromatic carbocycles. The third-order valence-electron chi connectivity index (χ3n) is 2.19. The molecule has 0 atom stereocenters. The largest absolute Gasteiger partial charge is 0.507 e. The van der Waals surface area contributed by atoms with Crippen LogP contribution < -0.4 is 0 Å². The molecule has 2 rings (SSSR count). The van der Waals surface area contributed by atoms with Crippen LogP contribution in [0.25, 0.3) is 10.9 Å². The summed E-state index contributed by atoms with van der Waals surface area (Å²) in [4.78, 5) is 3.87. The van der Waals surface area contributed by atoms with E-state index < -0.39 is 13.3 Å². The maximum absolute atomic E-state index is 9.89.